The minimum absolute atomic E-state index is 0.119. The second-order valence-electron chi connectivity index (χ2n) is 5.59. The smallest absolute Gasteiger partial charge is 0.227 e. The molecule has 4 nitrogen and oxygen atoms in total. The highest BCUT2D eigenvalue weighted by molar-refractivity contribution is 7.15. The summed E-state index contributed by atoms with van der Waals surface area (Å²) in [5.74, 6) is 0.119. The molecule has 1 aliphatic rings. The molecule has 23 heavy (non-hydrogen) atoms. The molecule has 1 aromatic carbocycles. The molecule has 1 aliphatic heterocycles. The Morgan fingerprint density at radius 2 is 1.91 bits per heavy atom. The number of anilines is 1. The standard InChI is InChI=1S/C16H19Cl2N3OS/c1-2-20-5-7-21(8-6-20)16-19-15(22)14(23-16)10-11-3-4-12(17)13(18)9-11/h3-4,9,22H,2,5-8,10H2,1H3. The van der Waals surface area contributed by atoms with Gasteiger partial charge < -0.3 is 14.9 Å². The molecular weight excluding hydrogens is 353 g/mol. The summed E-state index contributed by atoms with van der Waals surface area (Å²) >= 11 is 13.5. The molecule has 0 unspecified atom stereocenters. The van der Waals surface area contributed by atoms with Crippen molar-refractivity contribution < 1.29 is 5.11 Å². The first-order valence-electron chi connectivity index (χ1n) is 7.66. The highest BCUT2D eigenvalue weighted by Crippen LogP contribution is 2.34. The quantitative estimate of drug-likeness (QED) is 0.884. The number of aromatic nitrogens is 1. The highest BCUT2D eigenvalue weighted by Gasteiger charge is 2.20. The molecule has 0 spiro atoms. The highest BCUT2D eigenvalue weighted by atomic mass is 35.5. The van der Waals surface area contributed by atoms with E-state index in [-0.39, 0.29) is 5.88 Å². The van der Waals surface area contributed by atoms with Gasteiger partial charge in [0, 0.05) is 32.6 Å². The van der Waals surface area contributed by atoms with Crippen molar-refractivity contribution in [2.75, 3.05) is 37.6 Å². The van der Waals surface area contributed by atoms with Crippen molar-refractivity contribution in [2.45, 2.75) is 13.3 Å². The van der Waals surface area contributed by atoms with Gasteiger partial charge in [-0.3, -0.25) is 0 Å². The van der Waals surface area contributed by atoms with E-state index >= 15 is 0 Å². The largest absolute Gasteiger partial charge is 0.492 e. The van der Waals surface area contributed by atoms with E-state index in [1.165, 1.54) is 0 Å². The zero-order valence-corrected chi connectivity index (χ0v) is 15.3. The first-order valence-corrected chi connectivity index (χ1v) is 9.24. The van der Waals surface area contributed by atoms with Crippen molar-refractivity contribution in [1.82, 2.24) is 9.88 Å². The van der Waals surface area contributed by atoms with E-state index in [1.807, 2.05) is 12.1 Å². The third-order valence-corrected chi connectivity index (χ3v) is 5.95. The molecule has 1 aromatic heterocycles. The average Bonchev–Trinajstić information content (AvgIpc) is 2.92. The lowest BCUT2D eigenvalue weighted by Crippen LogP contribution is -2.46. The number of halogens is 2. The van der Waals surface area contributed by atoms with Crippen LogP contribution in [0.2, 0.25) is 10.0 Å². The molecule has 0 atom stereocenters. The van der Waals surface area contributed by atoms with E-state index in [1.54, 1.807) is 17.4 Å². The van der Waals surface area contributed by atoms with Crippen LogP contribution in [0.4, 0.5) is 5.13 Å². The minimum Gasteiger partial charge on any atom is -0.492 e. The topological polar surface area (TPSA) is 39.6 Å². The number of hydrogen-bond donors (Lipinski definition) is 1. The van der Waals surface area contributed by atoms with Gasteiger partial charge in [-0.25, -0.2) is 0 Å². The van der Waals surface area contributed by atoms with E-state index in [9.17, 15) is 5.11 Å². The lowest BCUT2D eigenvalue weighted by atomic mass is 10.1. The van der Waals surface area contributed by atoms with Gasteiger partial charge in [-0.05, 0) is 24.2 Å². The number of likely N-dealkylation sites (N-methyl/N-ethyl adjacent to an activating group) is 1. The zero-order chi connectivity index (χ0) is 16.4. The number of piperazine rings is 1. The van der Waals surface area contributed by atoms with Crippen molar-refractivity contribution in [3.8, 4) is 5.88 Å². The Morgan fingerprint density at radius 3 is 2.57 bits per heavy atom. The van der Waals surface area contributed by atoms with Crippen LogP contribution in [-0.4, -0.2) is 47.7 Å². The molecule has 3 rings (SSSR count). The predicted molar refractivity (Wildman–Crippen MR) is 97.4 cm³/mol. The van der Waals surface area contributed by atoms with Crippen LogP contribution in [0.3, 0.4) is 0 Å². The fraction of sp³-hybridized carbons (Fsp3) is 0.438. The van der Waals surface area contributed by atoms with Crippen LogP contribution in [0, 0.1) is 0 Å². The molecule has 7 heteroatoms. The third-order valence-electron chi connectivity index (χ3n) is 4.10. The van der Waals surface area contributed by atoms with Gasteiger partial charge >= 0.3 is 0 Å². The monoisotopic (exact) mass is 371 g/mol. The number of benzene rings is 1. The maximum atomic E-state index is 10.1. The van der Waals surface area contributed by atoms with Gasteiger partial charge in [0.25, 0.3) is 0 Å². The maximum absolute atomic E-state index is 10.1. The number of thiazole rings is 1. The molecule has 2 aromatic rings. The maximum Gasteiger partial charge on any atom is 0.227 e. The lowest BCUT2D eigenvalue weighted by molar-refractivity contribution is 0.271. The summed E-state index contributed by atoms with van der Waals surface area (Å²) < 4.78 is 0. The molecule has 124 valence electrons. The summed E-state index contributed by atoms with van der Waals surface area (Å²) in [5.41, 5.74) is 1.01. The molecule has 0 aliphatic carbocycles. The van der Waals surface area contributed by atoms with Crippen molar-refractivity contribution in [2.24, 2.45) is 0 Å². The molecular formula is C16H19Cl2N3OS. The van der Waals surface area contributed by atoms with E-state index in [0.29, 0.717) is 16.5 Å². The van der Waals surface area contributed by atoms with Gasteiger partial charge in [-0.1, -0.05) is 47.5 Å². The first kappa shape index (κ1) is 16.8. The summed E-state index contributed by atoms with van der Waals surface area (Å²) in [6.45, 7) is 7.25. The molecule has 1 fully saturated rings. The lowest BCUT2D eigenvalue weighted by Gasteiger charge is -2.33. The van der Waals surface area contributed by atoms with Crippen molar-refractivity contribution in [1.29, 1.82) is 0 Å². The fourth-order valence-electron chi connectivity index (χ4n) is 2.67. The number of hydrogen-bond acceptors (Lipinski definition) is 5. The van der Waals surface area contributed by atoms with Crippen molar-refractivity contribution in [3.05, 3.63) is 38.7 Å². The summed E-state index contributed by atoms with van der Waals surface area (Å²) in [7, 11) is 0. The van der Waals surface area contributed by atoms with Gasteiger partial charge in [0.05, 0.1) is 14.9 Å². The van der Waals surface area contributed by atoms with E-state index in [4.69, 9.17) is 23.2 Å². The first-order chi connectivity index (χ1) is 11.1. The second-order valence-corrected chi connectivity index (χ2v) is 7.47. The Bertz CT molecular complexity index is 684. The molecule has 0 amide bonds. The molecule has 0 bridgehead atoms. The molecule has 0 saturated carbocycles. The Labute approximate surface area is 150 Å². The second kappa shape index (κ2) is 7.26. The average molecular weight is 372 g/mol. The normalized spacial score (nSPS) is 16.0. The Balaban J connectivity index is 1.72. The summed E-state index contributed by atoms with van der Waals surface area (Å²) in [4.78, 5) is 9.86. The summed E-state index contributed by atoms with van der Waals surface area (Å²) in [6.07, 6.45) is 0.606. The summed E-state index contributed by atoms with van der Waals surface area (Å²) in [5, 5.41) is 12.1. The fourth-order valence-corrected chi connectivity index (χ4v) is 4.03. The van der Waals surface area contributed by atoms with Crippen LogP contribution in [-0.2, 0) is 6.42 Å². The van der Waals surface area contributed by atoms with Gasteiger partial charge in [0.15, 0.2) is 5.13 Å². The number of nitrogens with zero attached hydrogens (tertiary/aromatic N) is 3. The third kappa shape index (κ3) is 3.91. The Hall–Kier alpha value is -1.01. The van der Waals surface area contributed by atoms with Crippen LogP contribution in [0.1, 0.15) is 17.4 Å². The van der Waals surface area contributed by atoms with Crippen LogP contribution in [0.5, 0.6) is 5.88 Å². The zero-order valence-electron chi connectivity index (χ0n) is 12.9. The van der Waals surface area contributed by atoms with Gasteiger partial charge in [0.2, 0.25) is 5.88 Å². The number of rotatable bonds is 4. The predicted octanol–water partition coefficient (Wildman–Crippen LogP) is 3.89. The summed E-state index contributed by atoms with van der Waals surface area (Å²) in [6, 6.07) is 5.54. The Morgan fingerprint density at radius 1 is 1.17 bits per heavy atom. The SMILES string of the molecule is CCN1CCN(c2nc(O)c(Cc3ccc(Cl)c(Cl)c3)s2)CC1. The molecule has 1 saturated heterocycles. The van der Waals surface area contributed by atoms with Gasteiger partial charge in [-0.2, -0.15) is 4.98 Å². The van der Waals surface area contributed by atoms with Gasteiger partial charge in [-0.15, -0.1) is 0 Å². The molecule has 0 radical (unpaired) electrons. The number of aromatic hydroxyl groups is 1. The molecule has 2 heterocycles. The van der Waals surface area contributed by atoms with Gasteiger partial charge in [0.1, 0.15) is 0 Å². The van der Waals surface area contributed by atoms with E-state index < -0.39 is 0 Å². The Kier molecular flexibility index (Phi) is 5.31. The van der Waals surface area contributed by atoms with Crippen molar-refractivity contribution >= 4 is 39.7 Å². The molecule has 1 N–H and O–H groups in total. The van der Waals surface area contributed by atoms with Crippen molar-refractivity contribution in [3.63, 3.8) is 0 Å². The van der Waals surface area contributed by atoms with Crippen LogP contribution < -0.4 is 4.90 Å². The van der Waals surface area contributed by atoms with E-state index in [2.05, 4.69) is 21.7 Å². The van der Waals surface area contributed by atoms with Crippen LogP contribution in [0.25, 0.3) is 0 Å². The van der Waals surface area contributed by atoms with E-state index in [0.717, 1.165) is 48.3 Å². The van der Waals surface area contributed by atoms with Crippen LogP contribution in [0.15, 0.2) is 18.2 Å². The minimum atomic E-state index is 0.119. The van der Waals surface area contributed by atoms with Crippen LogP contribution >= 0.6 is 34.5 Å².